The van der Waals surface area contributed by atoms with Gasteiger partial charge in [-0.05, 0) is 31.9 Å². The largest absolute Gasteiger partial charge is 0.497 e. The maximum Gasteiger partial charge on any atom is 0.341 e. The van der Waals surface area contributed by atoms with E-state index in [9.17, 15) is 14.0 Å². The van der Waals surface area contributed by atoms with E-state index >= 15 is 0 Å². The van der Waals surface area contributed by atoms with Crippen molar-refractivity contribution in [2.45, 2.75) is 44.8 Å². The summed E-state index contributed by atoms with van der Waals surface area (Å²) in [6.45, 7) is 1.48. The Labute approximate surface area is 128 Å². The van der Waals surface area contributed by atoms with Crippen molar-refractivity contribution in [1.82, 2.24) is 5.32 Å². The van der Waals surface area contributed by atoms with Gasteiger partial charge < -0.3 is 14.8 Å². The maximum absolute atomic E-state index is 13.8. The molecule has 0 spiro atoms. The van der Waals surface area contributed by atoms with Gasteiger partial charge in [-0.15, -0.1) is 0 Å². The number of nitrogens with one attached hydrogen (secondary N) is 1. The van der Waals surface area contributed by atoms with E-state index < -0.39 is 17.9 Å². The number of hydrogen-bond acceptors (Lipinski definition) is 4. The molecule has 22 heavy (non-hydrogen) atoms. The lowest BCUT2D eigenvalue weighted by molar-refractivity contribution is -0.129. The zero-order chi connectivity index (χ0) is 16.1. The number of hydrogen-bond donors (Lipinski definition) is 1. The molecule has 1 aromatic rings. The van der Waals surface area contributed by atoms with Gasteiger partial charge in [0, 0.05) is 12.1 Å². The van der Waals surface area contributed by atoms with Gasteiger partial charge in [-0.25, -0.2) is 9.18 Å². The van der Waals surface area contributed by atoms with E-state index in [1.807, 2.05) is 0 Å². The van der Waals surface area contributed by atoms with E-state index in [-0.39, 0.29) is 17.5 Å². The lowest BCUT2D eigenvalue weighted by Gasteiger charge is -2.17. The molecule has 1 fully saturated rings. The molecular weight excluding hydrogens is 289 g/mol. The van der Waals surface area contributed by atoms with E-state index in [0.717, 1.165) is 31.7 Å². The molecule has 6 heteroatoms. The van der Waals surface area contributed by atoms with E-state index in [2.05, 4.69) is 5.32 Å². The molecule has 1 aromatic carbocycles. The molecule has 0 aliphatic heterocycles. The number of methoxy groups -OCH3 is 1. The van der Waals surface area contributed by atoms with Gasteiger partial charge in [-0.3, -0.25) is 4.79 Å². The average Bonchev–Trinajstić information content (AvgIpc) is 2.99. The molecule has 0 aromatic heterocycles. The number of carbonyl (C=O) groups is 2. The van der Waals surface area contributed by atoms with E-state index in [1.54, 1.807) is 0 Å². The molecule has 2 rings (SSSR count). The summed E-state index contributed by atoms with van der Waals surface area (Å²) in [5, 5.41) is 2.84. The van der Waals surface area contributed by atoms with Gasteiger partial charge >= 0.3 is 5.97 Å². The number of esters is 1. The average molecular weight is 309 g/mol. The first-order chi connectivity index (χ1) is 10.5. The Morgan fingerprint density at radius 3 is 2.59 bits per heavy atom. The highest BCUT2D eigenvalue weighted by molar-refractivity contribution is 5.92. The summed E-state index contributed by atoms with van der Waals surface area (Å²) in [5.74, 6) is -1.66. The van der Waals surface area contributed by atoms with E-state index in [1.165, 1.54) is 26.2 Å². The topological polar surface area (TPSA) is 64.6 Å². The molecule has 0 bridgehead atoms. The van der Waals surface area contributed by atoms with Crippen molar-refractivity contribution < 1.29 is 23.5 Å². The molecule has 0 saturated heterocycles. The number of halogens is 1. The first-order valence-electron chi connectivity index (χ1n) is 7.36. The Balaban J connectivity index is 1.94. The van der Waals surface area contributed by atoms with Gasteiger partial charge in [-0.2, -0.15) is 0 Å². The second kappa shape index (κ2) is 7.24. The van der Waals surface area contributed by atoms with Crippen molar-refractivity contribution >= 4 is 11.9 Å². The van der Waals surface area contributed by atoms with Crippen molar-refractivity contribution in [3.8, 4) is 5.75 Å². The van der Waals surface area contributed by atoms with Gasteiger partial charge in [-0.1, -0.05) is 12.8 Å². The third-order valence-electron chi connectivity index (χ3n) is 3.75. The van der Waals surface area contributed by atoms with Crippen molar-refractivity contribution in [3.05, 3.63) is 29.6 Å². The van der Waals surface area contributed by atoms with Crippen LogP contribution in [0.4, 0.5) is 4.39 Å². The number of rotatable bonds is 5. The standard InChI is InChI=1S/C16H20FNO4/c1-10(15(19)18-11-5-3-4-6-11)22-16(20)13-8-7-12(21-2)9-14(13)17/h7-11H,3-6H2,1-2H3,(H,18,19). The van der Waals surface area contributed by atoms with Crippen LogP contribution in [0.3, 0.4) is 0 Å². The van der Waals surface area contributed by atoms with Crippen LogP contribution in [0.1, 0.15) is 43.0 Å². The van der Waals surface area contributed by atoms with Crippen LogP contribution < -0.4 is 10.1 Å². The first-order valence-corrected chi connectivity index (χ1v) is 7.36. The SMILES string of the molecule is COc1ccc(C(=O)OC(C)C(=O)NC2CCCC2)c(F)c1. The van der Waals surface area contributed by atoms with E-state index in [4.69, 9.17) is 9.47 Å². The molecular formula is C16H20FNO4. The summed E-state index contributed by atoms with van der Waals surface area (Å²) < 4.78 is 23.7. The molecule has 5 nitrogen and oxygen atoms in total. The van der Waals surface area contributed by atoms with Gasteiger partial charge in [0.15, 0.2) is 6.10 Å². The van der Waals surface area contributed by atoms with E-state index in [0.29, 0.717) is 5.75 Å². The highest BCUT2D eigenvalue weighted by Gasteiger charge is 2.24. The molecule has 0 radical (unpaired) electrons. The molecule has 1 aliphatic rings. The minimum atomic E-state index is -0.963. The van der Waals surface area contributed by atoms with Crippen LogP contribution in [-0.4, -0.2) is 31.1 Å². The summed E-state index contributed by atoms with van der Waals surface area (Å²) in [7, 11) is 1.40. The molecule has 1 unspecified atom stereocenters. The summed E-state index contributed by atoms with van der Waals surface area (Å²) in [6.07, 6.45) is 3.11. The van der Waals surface area contributed by atoms with Crippen molar-refractivity contribution in [2.75, 3.05) is 7.11 Å². The Kier molecular flexibility index (Phi) is 5.35. The van der Waals surface area contributed by atoms with Crippen LogP contribution >= 0.6 is 0 Å². The summed E-state index contributed by atoms with van der Waals surface area (Å²) in [6, 6.07) is 3.98. The fourth-order valence-corrected chi connectivity index (χ4v) is 2.45. The number of benzene rings is 1. The van der Waals surface area contributed by atoms with Gasteiger partial charge in [0.1, 0.15) is 11.6 Å². The summed E-state index contributed by atoms with van der Waals surface area (Å²) in [4.78, 5) is 23.9. The van der Waals surface area contributed by atoms with Crippen LogP contribution in [0.5, 0.6) is 5.75 Å². The summed E-state index contributed by atoms with van der Waals surface area (Å²) in [5.41, 5.74) is -0.221. The lowest BCUT2D eigenvalue weighted by atomic mass is 10.2. The predicted molar refractivity (Wildman–Crippen MR) is 78.2 cm³/mol. The minimum Gasteiger partial charge on any atom is -0.497 e. The molecule has 1 amide bonds. The number of carbonyl (C=O) groups excluding carboxylic acids is 2. The fraction of sp³-hybridized carbons (Fsp3) is 0.500. The monoisotopic (exact) mass is 309 g/mol. The third-order valence-corrected chi connectivity index (χ3v) is 3.75. The van der Waals surface area contributed by atoms with Crippen molar-refractivity contribution in [3.63, 3.8) is 0 Å². The Bertz CT molecular complexity index is 555. The zero-order valence-electron chi connectivity index (χ0n) is 12.7. The minimum absolute atomic E-state index is 0.145. The van der Waals surface area contributed by atoms with Gasteiger partial charge in [0.25, 0.3) is 5.91 Å². The van der Waals surface area contributed by atoms with Crippen LogP contribution in [0, 0.1) is 5.82 Å². The third kappa shape index (κ3) is 3.96. The normalized spacial score (nSPS) is 16.1. The number of amides is 1. The smallest absolute Gasteiger partial charge is 0.341 e. The van der Waals surface area contributed by atoms with Crippen LogP contribution in [0.15, 0.2) is 18.2 Å². The Hall–Kier alpha value is -2.11. The molecule has 1 atom stereocenters. The zero-order valence-corrected chi connectivity index (χ0v) is 12.7. The van der Waals surface area contributed by atoms with Gasteiger partial charge in [0.05, 0.1) is 12.7 Å². The first kappa shape index (κ1) is 16.3. The van der Waals surface area contributed by atoms with Crippen molar-refractivity contribution in [2.24, 2.45) is 0 Å². The quantitative estimate of drug-likeness (QED) is 0.849. The van der Waals surface area contributed by atoms with Crippen molar-refractivity contribution in [1.29, 1.82) is 0 Å². The second-order valence-corrected chi connectivity index (χ2v) is 5.38. The van der Waals surface area contributed by atoms with Crippen LogP contribution in [0.25, 0.3) is 0 Å². The molecule has 1 aliphatic carbocycles. The van der Waals surface area contributed by atoms with Crippen LogP contribution in [-0.2, 0) is 9.53 Å². The van der Waals surface area contributed by atoms with Gasteiger partial charge in [0.2, 0.25) is 0 Å². The molecule has 0 heterocycles. The maximum atomic E-state index is 13.8. The van der Waals surface area contributed by atoms with Crippen LogP contribution in [0.2, 0.25) is 0 Å². The highest BCUT2D eigenvalue weighted by Crippen LogP contribution is 2.19. The molecule has 120 valence electrons. The molecule has 1 saturated carbocycles. The number of ether oxygens (including phenoxy) is 2. The highest BCUT2D eigenvalue weighted by atomic mass is 19.1. The molecule has 1 N–H and O–H groups in total. The predicted octanol–water partition coefficient (Wildman–Crippen LogP) is 2.44. The Morgan fingerprint density at radius 1 is 1.32 bits per heavy atom. The lowest BCUT2D eigenvalue weighted by Crippen LogP contribution is -2.40. The summed E-state index contributed by atoms with van der Waals surface area (Å²) >= 11 is 0. The fourth-order valence-electron chi connectivity index (χ4n) is 2.45. The second-order valence-electron chi connectivity index (χ2n) is 5.38. The Morgan fingerprint density at radius 2 is 2.00 bits per heavy atom.